The Balaban J connectivity index is 2.62. The van der Waals surface area contributed by atoms with Crippen molar-refractivity contribution in [2.45, 2.75) is 19.1 Å². The van der Waals surface area contributed by atoms with Gasteiger partial charge in [0.2, 0.25) is 0 Å². The number of methoxy groups -OCH3 is 1. The first-order valence-corrected chi connectivity index (χ1v) is 5.17. The highest BCUT2D eigenvalue weighted by molar-refractivity contribution is 5.87. The molecule has 1 aromatic carbocycles. The summed E-state index contributed by atoms with van der Waals surface area (Å²) in [6.45, 7) is 1.49. The van der Waals surface area contributed by atoms with Crippen LogP contribution in [0.3, 0.4) is 0 Å². The number of hydrogen-bond donors (Lipinski definition) is 2. The van der Waals surface area contributed by atoms with E-state index in [2.05, 4.69) is 10.1 Å². The van der Waals surface area contributed by atoms with Gasteiger partial charge in [0.05, 0.1) is 7.11 Å². The number of hydrogen-bond acceptors (Lipinski definition) is 4. The van der Waals surface area contributed by atoms with Crippen LogP contribution < -0.4 is 5.32 Å². The molecule has 0 aliphatic heterocycles. The fourth-order valence-electron chi connectivity index (χ4n) is 1.31. The molecule has 0 bridgehead atoms. The van der Waals surface area contributed by atoms with Crippen LogP contribution >= 0.6 is 0 Å². The Hall–Kier alpha value is -1.88. The van der Waals surface area contributed by atoms with Crippen molar-refractivity contribution in [2.24, 2.45) is 0 Å². The molecule has 0 aromatic heterocycles. The lowest BCUT2D eigenvalue weighted by Gasteiger charge is -2.15. The number of aliphatic hydroxyl groups is 1. The van der Waals surface area contributed by atoms with E-state index in [1.165, 1.54) is 14.0 Å². The highest BCUT2D eigenvalue weighted by Gasteiger charge is 2.22. The maximum Gasteiger partial charge on any atom is 0.328 e. The summed E-state index contributed by atoms with van der Waals surface area (Å²) in [6, 6.07) is 7.70. The molecule has 0 aliphatic rings. The monoisotopic (exact) mass is 237 g/mol. The van der Waals surface area contributed by atoms with Crippen LogP contribution in [0.15, 0.2) is 30.3 Å². The number of rotatable bonds is 4. The zero-order valence-corrected chi connectivity index (χ0v) is 9.71. The molecule has 0 unspecified atom stereocenters. The van der Waals surface area contributed by atoms with Crippen molar-refractivity contribution in [1.29, 1.82) is 0 Å². The zero-order valence-electron chi connectivity index (χ0n) is 9.71. The van der Waals surface area contributed by atoms with Gasteiger partial charge in [-0.2, -0.15) is 0 Å². The highest BCUT2D eigenvalue weighted by atomic mass is 16.5. The molecule has 17 heavy (non-hydrogen) atoms. The van der Waals surface area contributed by atoms with Crippen molar-refractivity contribution in [2.75, 3.05) is 7.11 Å². The van der Waals surface area contributed by atoms with Crippen LogP contribution in [-0.4, -0.2) is 30.1 Å². The fraction of sp³-hybridized carbons (Fsp3) is 0.333. The van der Waals surface area contributed by atoms with E-state index in [1.807, 2.05) is 0 Å². The van der Waals surface area contributed by atoms with Crippen LogP contribution in [0.1, 0.15) is 18.6 Å². The van der Waals surface area contributed by atoms with Crippen molar-refractivity contribution in [3.05, 3.63) is 35.9 Å². The fourth-order valence-corrected chi connectivity index (χ4v) is 1.31. The number of amides is 1. The quantitative estimate of drug-likeness (QED) is 0.743. The van der Waals surface area contributed by atoms with E-state index in [4.69, 9.17) is 0 Å². The molecular weight excluding hydrogens is 222 g/mol. The molecule has 0 spiro atoms. The van der Waals surface area contributed by atoms with E-state index in [-0.39, 0.29) is 0 Å². The van der Waals surface area contributed by atoms with Crippen LogP contribution in [-0.2, 0) is 14.3 Å². The number of esters is 1. The van der Waals surface area contributed by atoms with Crippen LogP contribution in [0.5, 0.6) is 0 Å². The third-order valence-corrected chi connectivity index (χ3v) is 2.28. The predicted molar refractivity (Wildman–Crippen MR) is 61.0 cm³/mol. The molecule has 0 aliphatic carbocycles. The van der Waals surface area contributed by atoms with Crippen molar-refractivity contribution >= 4 is 11.9 Å². The van der Waals surface area contributed by atoms with E-state index >= 15 is 0 Å². The van der Waals surface area contributed by atoms with Crippen LogP contribution in [0.2, 0.25) is 0 Å². The molecule has 1 rings (SSSR count). The number of ether oxygens (including phenoxy) is 1. The largest absolute Gasteiger partial charge is 0.467 e. The van der Waals surface area contributed by atoms with Gasteiger partial charge in [-0.1, -0.05) is 30.3 Å². The third kappa shape index (κ3) is 3.57. The molecular formula is C12H15NO4. The minimum Gasteiger partial charge on any atom is -0.467 e. The van der Waals surface area contributed by atoms with Crippen molar-refractivity contribution in [3.63, 3.8) is 0 Å². The number of nitrogens with one attached hydrogen (secondary N) is 1. The molecule has 0 saturated heterocycles. The molecule has 0 fully saturated rings. The maximum atomic E-state index is 11.6. The van der Waals surface area contributed by atoms with E-state index in [0.29, 0.717) is 5.56 Å². The Labute approximate surface area is 99.4 Å². The molecule has 0 saturated carbocycles. The molecule has 92 valence electrons. The second-order valence-corrected chi connectivity index (χ2v) is 3.57. The van der Waals surface area contributed by atoms with Gasteiger partial charge < -0.3 is 15.2 Å². The number of carbonyl (C=O) groups excluding carboxylic acids is 2. The Morgan fingerprint density at radius 1 is 1.29 bits per heavy atom. The smallest absolute Gasteiger partial charge is 0.328 e. The minimum atomic E-state index is -1.29. The second kappa shape index (κ2) is 6.00. The van der Waals surface area contributed by atoms with E-state index in [9.17, 15) is 14.7 Å². The average molecular weight is 237 g/mol. The van der Waals surface area contributed by atoms with Gasteiger partial charge in [0.15, 0.2) is 6.10 Å². The third-order valence-electron chi connectivity index (χ3n) is 2.28. The Morgan fingerprint density at radius 2 is 1.88 bits per heavy atom. The summed E-state index contributed by atoms with van der Waals surface area (Å²) in [4.78, 5) is 22.7. The summed E-state index contributed by atoms with van der Waals surface area (Å²) in [5.74, 6) is -1.19. The Kier molecular flexibility index (Phi) is 4.66. The van der Waals surface area contributed by atoms with Gasteiger partial charge in [-0.05, 0) is 12.5 Å². The number of carbonyl (C=O) groups is 2. The molecule has 1 amide bonds. The minimum absolute atomic E-state index is 0.474. The van der Waals surface area contributed by atoms with Crippen molar-refractivity contribution < 1.29 is 19.4 Å². The van der Waals surface area contributed by atoms with E-state index < -0.39 is 24.0 Å². The molecule has 5 nitrogen and oxygen atoms in total. The van der Waals surface area contributed by atoms with Gasteiger partial charge >= 0.3 is 5.97 Å². The summed E-state index contributed by atoms with van der Waals surface area (Å²) >= 11 is 0. The summed E-state index contributed by atoms with van der Waals surface area (Å²) in [7, 11) is 1.23. The van der Waals surface area contributed by atoms with Gasteiger partial charge in [0, 0.05) is 0 Å². The lowest BCUT2D eigenvalue weighted by atomic mass is 10.1. The summed E-state index contributed by atoms with van der Waals surface area (Å²) in [5, 5.41) is 12.1. The van der Waals surface area contributed by atoms with E-state index in [1.54, 1.807) is 30.3 Å². The lowest BCUT2D eigenvalue weighted by molar-refractivity contribution is -0.145. The second-order valence-electron chi connectivity index (χ2n) is 3.57. The Morgan fingerprint density at radius 3 is 2.41 bits per heavy atom. The summed E-state index contributed by atoms with van der Waals surface area (Å²) < 4.78 is 4.46. The number of benzene rings is 1. The molecule has 1 aromatic rings. The van der Waals surface area contributed by atoms with E-state index in [0.717, 1.165) is 0 Å². The topological polar surface area (TPSA) is 75.6 Å². The highest BCUT2D eigenvalue weighted by Crippen LogP contribution is 2.12. The predicted octanol–water partition coefficient (Wildman–Crippen LogP) is 0.398. The molecule has 0 radical (unpaired) electrons. The van der Waals surface area contributed by atoms with Crippen LogP contribution in [0.25, 0.3) is 0 Å². The zero-order chi connectivity index (χ0) is 12.8. The lowest BCUT2D eigenvalue weighted by Crippen LogP contribution is -2.41. The molecule has 2 atom stereocenters. The van der Waals surface area contributed by atoms with Gasteiger partial charge in [-0.15, -0.1) is 0 Å². The maximum absolute atomic E-state index is 11.6. The van der Waals surface area contributed by atoms with Crippen molar-refractivity contribution in [1.82, 2.24) is 5.32 Å². The average Bonchev–Trinajstić information content (AvgIpc) is 2.37. The van der Waals surface area contributed by atoms with Gasteiger partial charge in [-0.25, -0.2) is 4.79 Å². The Bertz CT molecular complexity index is 391. The molecule has 0 heterocycles. The standard InChI is InChI=1S/C12H15NO4/c1-8(12(16)17-2)13-11(15)10(14)9-6-4-3-5-7-9/h3-8,10,14H,1-2H3,(H,13,15)/t8-,10+/m1/s1. The summed E-state index contributed by atoms with van der Waals surface area (Å²) in [6.07, 6.45) is -1.29. The first kappa shape index (κ1) is 13.2. The van der Waals surface area contributed by atoms with Crippen molar-refractivity contribution in [3.8, 4) is 0 Å². The van der Waals surface area contributed by atoms with Crippen LogP contribution in [0, 0.1) is 0 Å². The first-order valence-electron chi connectivity index (χ1n) is 5.17. The van der Waals surface area contributed by atoms with Gasteiger partial charge in [0.25, 0.3) is 5.91 Å². The summed E-state index contributed by atoms with van der Waals surface area (Å²) in [5.41, 5.74) is 0.474. The SMILES string of the molecule is COC(=O)[C@@H](C)NC(=O)[C@@H](O)c1ccccc1. The van der Waals surface area contributed by atoms with Gasteiger partial charge in [0.1, 0.15) is 6.04 Å². The molecule has 5 heteroatoms. The van der Waals surface area contributed by atoms with Gasteiger partial charge in [-0.3, -0.25) is 4.79 Å². The molecule has 2 N–H and O–H groups in total. The normalized spacial score (nSPS) is 13.6. The van der Waals surface area contributed by atoms with Crippen LogP contribution in [0.4, 0.5) is 0 Å². The number of aliphatic hydroxyl groups excluding tert-OH is 1. The first-order chi connectivity index (χ1) is 8.06.